The van der Waals surface area contributed by atoms with Crippen LogP contribution in [-0.2, 0) is 24.5 Å². The smallest absolute Gasteiger partial charge is 0.347 e. The van der Waals surface area contributed by atoms with E-state index < -0.39 is 30.1 Å². The molecule has 1 aromatic rings. The van der Waals surface area contributed by atoms with Crippen molar-refractivity contribution < 1.29 is 28.6 Å². The van der Waals surface area contributed by atoms with Gasteiger partial charge in [-0.1, -0.05) is 32.9 Å². The highest BCUT2D eigenvalue weighted by molar-refractivity contribution is 5.94. The van der Waals surface area contributed by atoms with Gasteiger partial charge in [-0.3, -0.25) is 0 Å². The molecule has 0 saturated carbocycles. The molecule has 1 aromatic carbocycles. The summed E-state index contributed by atoms with van der Waals surface area (Å²) in [4.78, 5) is 36.3. The van der Waals surface area contributed by atoms with Crippen LogP contribution in [0.1, 0.15) is 47.1 Å². The zero-order valence-electron chi connectivity index (χ0n) is 18.3. The first kappa shape index (κ1) is 23.3. The van der Waals surface area contributed by atoms with E-state index in [1.165, 1.54) is 0 Å². The van der Waals surface area contributed by atoms with Crippen LogP contribution < -0.4 is 15.4 Å². The van der Waals surface area contributed by atoms with Gasteiger partial charge in [-0.25, -0.2) is 14.4 Å². The SMILES string of the molecule is CCOC(=O)C1=C(COC(=O)[C@H](C)Oc2ccc(C(C)(C)C)cc2)NC(=O)N[C@H]1C. The van der Waals surface area contributed by atoms with Gasteiger partial charge >= 0.3 is 18.0 Å². The van der Waals surface area contributed by atoms with Gasteiger partial charge in [0.1, 0.15) is 12.4 Å². The molecule has 164 valence electrons. The van der Waals surface area contributed by atoms with E-state index in [1.807, 2.05) is 12.1 Å². The Labute approximate surface area is 176 Å². The Bertz CT molecular complexity index is 823. The number of rotatable bonds is 7. The molecule has 0 fully saturated rings. The second-order valence-electron chi connectivity index (χ2n) is 8.08. The average Bonchev–Trinajstić information content (AvgIpc) is 2.65. The van der Waals surface area contributed by atoms with Crippen LogP contribution in [0.3, 0.4) is 0 Å². The number of urea groups is 1. The summed E-state index contributed by atoms with van der Waals surface area (Å²) in [6.07, 6.45) is -0.869. The number of carbonyl (C=O) groups is 3. The van der Waals surface area contributed by atoms with Crippen molar-refractivity contribution in [3.8, 4) is 5.75 Å². The van der Waals surface area contributed by atoms with Crippen LogP contribution in [0.2, 0.25) is 0 Å². The van der Waals surface area contributed by atoms with Crippen molar-refractivity contribution in [2.75, 3.05) is 13.2 Å². The molecule has 8 nitrogen and oxygen atoms in total. The van der Waals surface area contributed by atoms with Gasteiger partial charge in [0.2, 0.25) is 0 Å². The summed E-state index contributed by atoms with van der Waals surface area (Å²) in [6.45, 7) is 11.2. The quantitative estimate of drug-likeness (QED) is 0.660. The summed E-state index contributed by atoms with van der Waals surface area (Å²) >= 11 is 0. The molecule has 0 radical (unpaired) electrons. The van der Waals surface area contributed by atoms with Crippen molar-refractivity contribution in [2.24, 2.45) is 0 Å². The van der Waals surface area contributed by atoms with Crippen molar-refractivity contribution in [1.29, 1.82) is 0 Å². The third-order valence-corrected chi connectivity index (χ3v) is 4.59. The molecule has 2 rings (SSSR count). The van der Waals surface area contributed by atoms with E-state index in [2.05, 4.69) is 31.4 Å². The first-order valence-corrected chi connectivity index (χ1v) is 9.94. The number of nitrogens with one attached hydrogen (secondary N) is 2. The monoisotopic (exact) mass is 418 g/mol. The molecule has 0 saturated heterocycles. The number of carbonyl (C=O) groups excluding carboxylic acids is 3. The third kappa shape index (κ3) is 5.98. The maximum absolute atomic E-state index is 12.4. The molecular weight excluding hydrogens is 388 g/mol. The Balaban J connectivity index is 2.02. The van der Waals surface area contributed by atoms with Crippen molar-refractivity contribution in [1.82, 2.24) is 10.6 Å². The summed E-state index contributed by atoms with van der Waals surface area (Å²) in [6, 6.07) is 6.47. The fraction of sp³-hybridized carbons (Fsp3) is 0.500. The predicted molar refractivity (Wildman–Crippen MR) is 111 cm³/mol. The van der Waals surface area contributed by atoms with E-state index in [1.54, 1.807) is 32.9 Å². The van der Waals surface area contributed by atoms with Crippen molar-refractivity contribution in [3.05, 3.63) is 41.1 Å². The molecule has 0 spiro atoms. The second-order valence-corrected chi connectivity index (χ2v) is 8.08. The van der Waals surface area contributed by atoms with Gasteiger partial charge in [0.05, 0.1) is 23.9 Å². The third-order valence-electron chi connectivity index (χ3n) is 4.59. The Morgan fingerprint density at radius 2 is 1.77 bits per heavy atom. The maximum Gasteiger partial charge on any atom is 0.347 e. The van der Waals surface area contributed by atoms with E-state index in [4.69, 9.17) is 14.2 Å². The van der Waals surface area contributed by atoms with E-state index in [0.717, 1.165) is 5.56 Å². The minimum Gasteiger partial charge on any atom is -0.479 e. The van der Waals surface area contributed by atoms with Crippen LogP contribution in [0, 0.1) is 0 Å². The Morgan fingerprint density at radius 1 is 1.13 bits per heavy atom. The highest BCUT2D eigenvalue weighted by Crippen LogP contribution is 2.24. The normalized spacial score (nSPS) is 17.5. The molecule has 1 aliphatic heterocycles. The van der Waals surface area contributed by atoms with Gasteiger partial charge < -0.3 is 24.8 Å². The minimum atomic E-state index is -0.869. The van der Waals surface area contributed by atoms with Crippen molar-refractivity contribution >= 4 is 18.0 Å². The summed E-state index contributed by atoms with van der Waals surface area (Å²) in [7, 11) is 0. The van der Waals surface area contributed by atoms with E-state index in [-0.39, 0.29) is 29.9 Å². The lowest BCUT2D eigenvalue weighted by Gasteiger charge is -2.26. The van der Waals surface area contributed by atoms with Crippen LogP contribution in [0.15, 0.2) is 35.5 Å². The molecule has 30 heavy (non-hydrogen) atoms. The summed E-state index contributed by atoms with van der Waals surface area (Å²) in [5.41, 5.74) is 1.58. The van der Waals surface area contributed by atoms with Crippen LogP contribution in [0.25, 0.3) is 0 Å². The number of amides is 2. The lowest BCUT2D eigenvalue weighted by Crippen LogP contribution is -2.50. The molecule has 2 amide bonds. The van der Waals surface area contributed by atoms with Gasteiger partial charge in [-0.2, -0.15) is 0 Å². The standard InChI is InChI=1S/C22H30N2O6/c1-7-28-20(26)18-13(2)23-21(27)24-17(18)12-29-19(25)14(3)30-16-10-8-15(9-11-16)22(4,5)6/h8-11,13-14H,7,12H2,1-6H3,(H2,23,24,27)/t13-,14-/m0/s1. The number of esters is 2. The van der Waals surface area contributed by atoms with Crippen molar-refractivity contribution in [3.63, 3.8) is 0 Å². The van der Waals surface area contributed by atoms with E-state index in [9.17, 15) is 14.4 Å². The van der Waals surface area contributed by atoms with Crippen LogP contribution in [0.5, 0.6) is 5.75 Å². The number of ether oxygens (including phenoxy) is 3. The van der Waals surface area contributed by atoms with Gasteiger partial charge in [0.25, 0.3) is 0 Å². The number of hydrogen-bond acceptors (Lipinski definition) is 6. The summed E-state index contributed by atoms with van der Waals surface area (Å²) in [5, 5.41) is 5.09. The van der Waals surface area contributed by atoms with Crippen LogP contribution in [0.4, 0.5) is 4.79 Å². The van der Waals surface area contributed by atoms with Crippen molar-refractivity contribution in [2.45, 2.75) is 59.1 Å². The number of benzene rings is 1. The molecule has 2 atom stereocenters. The van der Waals surface area contributed by atoms with Gasteiger partial charge in [0, 0.05) is 0 Å². The molecule has 8 heteroatoms. The van der Waals surface area contributed by atoms with Crippen LogP contribution in [-0.4, -0.2) is 43.3 Å². The second kappa shape index (κ2) is 9.65. The lowest BCUT2D eigenvalue weighted by atomic mass is 9.87. The van der Waals surface area contributed by atoms with Gasteiger partial charge in [-0.15, -0.1) is 0 Å². The topological polar surface area (TPSA) is 103 Å². The molecular formula is C22H30N2O6. The Hall–Kier alpha value is -3.03. The Kier molecular flexibility index (Phi) is 7.48. The average molecular weight is 418 g/mol. The number of hydrogen-bond donors (Lipinski definition) is 2. The maximum atomic E-state index is 12.4. The predicted octanol–water partition coefficient (Wildman–Crippen LogP) is 2.81. The zero-order valence-corrected chi connectivity index (χ0v) is 18.3. The molecule has 0 bridgehead atoms. The van der Waals surface area contributed by atoms with Gasteiger partial charge in [0.15, 0.2) is 6.10 Å². The molecule has 0 unspecified atom stereocenters. The van der Waals surface area contributed by atoms with E-state index in [0.29, 0.717) is 5.75 Å². The van der Waals surface area contributed by atoms with E-state index >= 15 is 0 Å². The first-order chi connectivity index (χ1) is 14.0. The molecule has 0 aliphatic carbocycles. The molecule has 1 heterocycles. The Morgan fingerprint density at radius 3 is 2.33 bits per heavy atom. The largest absolute Gasteiger partial charge is 0.479 e. The highest BCUT2D eigenvalue weighted by atomic mass is 16.6. The summed E-state index contributed by atoms with van der Waals surface area (Å²) < 4.78 is 16.0. The van der Waals surface area contributed by atoms with Gasteiger partial charge in [-0.05, 0) is 43.9 Å². The minimum absolute atomic E-state index is 0.0177. The fourth-order valence-electron chi connectivity index (χ4n) is 2.94. The lowest BCUT2D eigenvalue weighted by molar-refractivity contribution is -0.150. The molecule has 1 aliphatic rings. The fourth-order valence-corrected chi connectivity index (χ4v) is 2.94. The molecule has 0 aromatic heterocycles. The van der Waals surface area contributed by atoms with Crippen LogP contribution >= 0.6 is 0 Å². The first-order valence-electron chi connectivity index (χ1n) is 9.94. The zero-order chi connectivity index (χ0) is 22.5. The summed E-state index contributed by atoms with van der Waals surface area (Å²) in [5.74, 6) is -0.652. The highest BCUT2D eigenvalue weighted by Gasteiger charge is 2.30. The molecule has 2 N–H and O–H groups in total.